The Morgan fingerprint density at radius 3 is 2.80 bits per heavy atom. The van der Waals surface area contributed by atoms with Crippen LogP contribution in [-0.4, -0.2) is 15.9 Å². The first kappa shape index (κ1) is 12.6. The molecule has 0 aliphatic heterocycles. The average molecular weight is 284 g/mol. The highest BCUT2D eigenvalue weighted by atomic mass is 32.1. The highest BCUT2D eigenvalue weighted by molar-refractivity contribution is 7.21. The van der Waals surface area contributed by atoms with E-state index in [1.165, 1.54) is 17.7 Å². The molecule has 0 bridgehead atoms. The van der Waals surface area contributed by atoms with Crippen molar-refractivity contribution in [3.8, 4) is 0 Å². The van der Waals surface area contributed by atoms with Crippen molar-refractivity contribution in [3.63, 3.8) is 0 Å². The fraction of sp³-hybridized carbons (Fsp3) is 0.0714. The number of amides is 1. The van der Waals surface area contributed by atoms with Crippen LogP contribution < -0.4 is 11.1 Å². The number of thiophene rings is 1. The van der Waals surface area contributed by atoms with Gasteiger partial charge in [0.25, 0.3) is 5.91 Å². The number of carbonyl (C=O) groups excluding carboxylic acids is 1. The van der Waals surface area contributed by atoms with E-state index >= 15 is 0 Å². The van der Waals surface area contributed by atoms with Crippen molar-refractivity contribution < 1.29 is 4.79 Å². The summed E-state index contributed by atoms with van der Waals surface area (Å²) in [6.07, 6.45) is 4.49. The molecule has 0 aliphatic carbocycles. The zero-order chi connectivity index (χ0) is 14.1. The van der Waals surface area contributed by atoms with E-state index in [4.69, 9.17) is 5.73 Å². The molecule has 0 unspecified atom stereocenters. The normalized spacial score (nSPS) is 10.7. The van der Waals surface area contributed by atoms with Crippen molar-refractivity contribution in [2.75, 3.05) is 11.1 Å². The minimum Gasteiger partial charge on any atom is -0.397 e. The third-order valence-corrected chi connectivity index (χ3v) is 4.08. The molecule has 2 aromatic heterocycles. The first-order chi connectivity index (χ1) is 9.65. The number of fused-ring (bicyclic) bond motifs is 1. The third-order valence-electron chi connectivity index (χ3n) is 2.91. The second-order valence-electron chi connectivity index (χ2n) is 4.43. The van der Waals surface area contributed by atoms with Crippen molar-refractivity contribution in [3.05, 3.63) is 47.4 Å². The summed E-state index contributed by atoms with van der Waals surface area (Å²) in [5, 5.41) is 3.65. The van der Waals surface area contributed by atoms with Gasteiger partial charge in [-0.3, -0.25) is 4.79 Å². The number of nitrogens with two attached hydrogens (primary N) is 1. The molecule has 0 fully saturated rings. The second-order valence-corrected chi connectivity index (χ2v) is 5.48. The SMILES string of the molecule is Cc1ccc2c(N)c(C(=O)Nc3cncnc3)sc2c1. The minimum atomic E-state index is -0.240. The largest absolute Gasteiger partial charge is 0.397 e. The summed E-state index contributed by atoms with van der Waals surface area (Å²) in [6.45, 7) is 2.01. The standard InChI is InChI=1S/C14H12N4OS/c1-8-2-3-10-11(4-8)20-13(12(10)15)14(19)18-9-5-16-7-17-6-9/h2-7H,15H2,1H3,(H,18,19). The van der Waals surface area contributed by atoms with Crippen LogP contribution in [0.15, 0.2) is 36.9 Å². The molecule has 100 valence electrons. The van der Waals surface area contributed by atoms with Crippen molar-refractivity contribution >= 4 is 38.7 Å². The van der Waals surface area contributed by atoms with Gasteiger partial charge >= 0.3 is 0 Å². The van der Waals surface area contributed by atoms with Crippen molar-refractivity contribution in [1.29, 1.82) is 0 Å². The van der Waals surface area contributed by atoms with Crippen molar-refractivity contribution in [1.82, 2.24) is 9.97 Å². The molecule has 0 atom stereocenters. The van der Waals surface area contributed by atoms with E-state index in [1.54, 1.807) is 12.4 Å². The van der Waals surface area contributed by atoms with Gasteiger partial charge in [-0.2, -0.15) is 0 Å². The number of nitrogen functional groups attached to an aromatic ring is 1. The first-order valence-corrected chi connectivity index (χ1v) is 6.82. The highest BCUT2D eigenvalue weighted by Crippen LogP contribution is 2.34. The van der Waals surface area contributed by atoms with Crippen LogP contribution in [-0.2, 0) is 0 Å². The lowest BCUT2D eigenvalue weighted by molar-refractivity contribution is 0.103. The molecular formula is C14H12N4OS. The molecule has 0 spiro atoms. The fourth-order valence-electron chi connectivity index (χ4n) is 1.94. The van der Waals surface area contributed by atoms with Gasteiger partial charge in [0.2, 0.25) is 0 Å². The van der Waals surface area contributed by atoms with Crippen LogP contribution in [0.1, 0.15) is 15.2 Å². The van der Waals surface area contributed by atoms with Gasteiger partial charge in [0.1, 0.15) is 11.2 Å². The molecule has 0 radical (unpaired) electrons. The maximum atomic E-state index is 12.3. The van der Waals surface area contributed by atoms with Crippen LogP contribution in [0.25, 0.3) is 10.1 Å². The number of hydrogen-bond acceptors (Lipinski definition) is 5. The van der Waals surface area contributed by atoms with Crippen LogP contribution in [0, 0.1) is 6.92 Å². The molecule has 3 rings (SSSR count). The molecule has 1 aromatic carbocycles. The summed E-state index contributed by atoms with van der Waals surface area (Å²) in [4.78, 5) is 20.5. The predicted octanol–water partition coefficient (Wildman–Crippen LogP) is 2.83. The number of nitrogens with one attached hydrogen (secondary N) is 1. The van der Waals surface area contributed by atoms with Crippen molar-refractivity contribution in [2.24, 2.45) is 0 Å². The second kappa shape index (κ2) is 4.90. The van der Waals surface area contributed by atoms with Gasteiger partial charge in [-0.05, 0) is 18.6 Å². The van der Waals surface area contributed by atoms with E-state index in [0.29, 0.717) is 16.3 Å². The maximum Gasteiger partial charge on any atom is 0.267 e. The number of benzene rings is 1. The summed E-state index contributed by atoms with van der Waals surface area (Å²) < 4.78 is 1.01. The molecule has 1 amide bonds. The molecule has 20 heavy (non-hydrogen) atoms. The van der Waals surface area contributed by atoms with Crippen molar-refractivity contribution in [2.45, 2.75) is 6.92 Å². The number of rotatable bonds is 2. The van der Waals surface area contributed by atoms with Crippen LogP contribution in [0.2, 0.25) is 0 Å². The summed E-state index contributed by atoms with van der Waals surface area (Å²) in [5.74, 6) is -0.240. The third kappa shape index (κ3) is 2.21. The monoisotopic (exact) mass is 284 g/mol. The number of anilines is 2. The lowest BCUT2D eigenvalue weighted by Crippen LogP contribution is -2.12. The Balaban J connectivity index is 1.97. The minimum absolute atomic E-state index is 0.240. The molecule has 0 aliphatic rings. The van der Waals surface area contributed by atoms with Crippen LogP contribution >= 0.6 is 11.3 Å². The van der Waals surface area contributed by atoms with E-state index in [0.717, 1.165) is 15.6 Å². The molecule has 3 N–H and O–H groups in total. The number of hydrogen-bond donors (Lipinski definition) is 2. The molecule has 5 nitrogen and oxygen atoms in total. The van der Waals surface area contributed by atoms with Gasteiger partial charge < -0.3 is 11.1 Å². The maximum absolute atomic E-state index is 12.3. The Kier molecular flexibility index (Phi) is 3.08. The molecule has 6 heteroatoms. The van der Waals surface area contributed by atoms with Gasteiger partial charge in [-0.1, -0.05) is 12.1 Å². The zero-order valence-electron chi connectivity index (χ0n) is 10.8. The van der Waals surface area contributed by atoms with E-state index in [2.05, 4.69) is 15.3 Å². The molecule has 2 heterocycles. The topological polar surface area (TPSA) is 80.9 Å². The quantitative estimate of drug-likeness (QED) is 0.758. The van der Waals surface area contributed by atoms with E-state index in [1.807, 2.05) is 25.1 Å². The summed E-state index contributed by atoms with van der Waals surface area (Å²) >= 11 is 1.39. The average Bonchev–Trinajstić information content (AvgIpc) is 2.76. The fourth-order valence-corrected chi connectivity index (χ4v) is 3.06. The van der Waals surface area contributed by atoms with Gasteiger partial charge in [-0.15, -0.1) is 11.3 Å². The number of nitrogens with zero attached hydrogens (tertiary/aromatic N) is 2. The zero-order valence-corrected chi connectivity index (χ0v) is 11.6. The molecule has 3 aromatic rings. The number of carbonyl (C=O) groups is 1. The van der Waals surface area contributed by atoms with E-state index in [-0.39, 0.29) is 5.91 Å². The van der Waals surface area contributed by atoms with Gasteiger partial charge in [0.15, 0.2) is 0 Å². The Bertz CT molecular complexity index is 782. The molecule has 0 saturated heterocycles. The highest BCUT2D eigenvalue weighted by Gasteiger charge is 2.16. The predicted molar refractivity (Wildman–Crippen MR) is 81.0 cm³/mol. The van der Waals surface area contributed by atoms with Crippen LogP contribution in [0.5, 0.6) is 0 Å². The summed E-state index contributed by atoms with van der Waals surface area (Å²) in [5.41, 5.74) is 8.26. The Hall–Kier alpha value is -2.47. The first-order valence-electron chi connectivity index (χ1n) is 6.00. The Labute approximate surface area is 119 Å². The number of aryl methyl sites for hydroxylation is 1. The Morgan fingerprint density at radius 1 is 1.30 bits per heavy atom. The van der Waals surface area contributed by atoms with Gasteiger partial charge in [0, 0.05) is 10.1 Å². The summed E-state index contributed by atoms with van der Waals surface area (Å²) in [7, 11) is 0. The lowest BCUT2D eigenvalue weighted by Gasteiger charge is -2.02. The van der Waals surface area contributed by atoms with Gasteiger partial charge in [0.05, 0.1) is 23.8 Å². The van der Waals surface area contributed by atoms with Gasteiger partial charge in [-0.25, -0.2) is 9.97 Å². The lowest BCUT2D eigenvalue weighted by atomic mass is 10.1. The van der Waals surface area contributed by atoms with E-state index < -0.39 is 0 Å². The summed E-state index contributed by atoms with van der Waals surface area (Å²) in [6, 6.07) is 5.95. The Morgan fingerprint density at radius 2 is 2.05 bits per heavy atom. The van der Waals surface area contributed by atoms with E-state index in [9.17, 15) is 4.79 Å². The molecule has 0 saturated carbocycles. The number of aromatic nitrogens is 2. The van der Waals surface area contributed by atoms with Crippen LogP contribution in [0.4, 0.5) is 11.4 Å². The van der Waals surface area contributed by atoms with Crippen LogP contribution in [0.3, 0.4) is 0 Å². The molecular weight excluding hydrogens is 272 g/mol. The smallest absolute Gasteiger partial charge is 0.267 e.